The third kappa shape index (κ3) is 3.59. The number of amides is 2. The van der Waals surface area contributed by atoms with Crippen molar-refractivity contribution in [2.45, 2.75) is 39.3 Å². The zero-order valence-corrected chi connectivity index (χ0v) is 12.1. The van der Waals surface area contributed by atoms with E-state index in [0.29, 0.717) is 19.5 Å². The van der Waals surface area contributed by atoms with Crippen molar-refractivity contribution in [1.29, 1.82) is 0 Å². The van der Waals surface area contributed by atoms with Crippen LogP contribution in [0.1, 0.15) is 32.3 Å². The zero-order chi connectivity index (χ0) is 14.5. The van der Waals surface area contributed by atoms with Crippen LogP contribution in [-0.2, 0) is 16.1 Å². The highest BCUT2D eigenvalue weighted by molar-refractivity contribution is 5.87. The van der Waals surface area contributed by atoms with E-state index < -0.39 is 0 Å². The van der Waals surface area contributed by atoms with Gasteiger partial charge < -0.3 is 10.2 Å². The molecular formula is C16H22N2O2. The van der Waals surface area contributed by atoms with Crippen molar-refractivity contribution < 1.29 is 9.59 Å². The molecule has 1 aliphatic rings. The van der Waals surface area contributed by atoms with Crippen LogP contribution in [0.2, 0.25) is 0 Å². The van der Waals surface area contributed by atoms with E-state index in [1.54, 1.807) is 0 Å². The molecule has 1 atom stereocenters. The molecule has 1 N–H and O–H groups in total. The van der Waals surface area contributed by atoms with Gasteiger partial charge in [-0.3, -0.25) is 9.59 Å². The van der Waals surface area contributed by atoms with Gasteiger partial charge in [0.1, 0.15) is 0 Å². The molecule has 0 bridgehead atoms. The Morgan fingerprint density at radius 1 is 1.35 bits per heavy atom. The van der Waals surface area contributed by atoms with Crippen LogP contribution in [0, 0.1) is 5.92 Å². The Kier molecular flexibility index (Phi) is 4.77. The predicted molar refractivity (Wildman–Crippen MR) is 77.9 cm³/mol. The predicted octanol–water partition coefficient (Wildman–Crippen LogP) is 1.95. The Labute approximate surface area is 120 Å². The van der Waals surface area contributed by atoms with Gasteiger partial charge in [-0.2, -0.15) is 0 Å². The fraction of sp³-hybridized carbons (Fsp3) is 0.500. The van der Waals surface area contributed by atoms with E-state index in [9.17, 15) is 9.59 Å². The molecule has 1 heterocycles. The van der Waals surface area contributed by atoms with Crippen molar-refractivity contribution in [2.75, 3.05) is 6.54 Å². The van der Waals surface area contributed by atoms with Gasteiger partial charge in [-0.25, -0.2) is 0 Å². The molecule has 2 rings (SSSR count). The van der Waals surface area contributed by atoms with E-state index in [-0.39, 0.29) is 23.8 Å². The molecule has 1 unspecified atom stereocenters. The number of hydrogen-bond donors (Lipinski definition) is 1. The van der Waals surface area contributed by atoms with E-state index in [1.165, 1.54) is 0 Å². The highest BCUT2D eigenvalue weighted by Crippen LogP contribution is 2.19. The van der Waals surface area contributed by atoms with E-state index in [2.05, 4.69) is 5.32 Å². The lowest BCUT2D eigenvalue weighted by molar-refractivity contribution is -0.142. The quantitative estimate of drug-likeness (QED) is 0.912. The topological polar surface area (TPSA) is 49.4 Å². The van der Waals surface area contributed by atoms with Crippen LogP contribution in [0.4, 0.5) is 0 Å². The van der Waals surface area contributed by atoms with Crippen molar-refractivity contribution in [3.05, 3.63) is 35.9 Å². The lowest BCUT2D eigenvalue weighted by atomic mass is 9.95. The molecule has 2 amide bonds. The summed E-state index contributed by atoms with van der Waals surface area (Å²) in [6, 6.07) is 10.1. The smallest absolute Gasteiger partial charge is 0.226 e. The second-order valence-corrected chi connectivity index (χ2v) is 5.59. The number of benzene rings is 1. The van der Waals surface area contributed by atoms with Crippen molar-refractivity contribution in [3.8, 4) is 0 Å². The molecule has 4 nitrogen and oxygen atoms in total. The second kappa shape index (κ2) is 6.55. The Hall–Kier alpha value is -1.84. The lowest BCUT2D eigenvalue weighted by Gasteiger charge is -2.32. The molecule has 1 aliphatic heterocycles. The van der Waals surface area contributed by atoms with Gasteiger partial charge in [-0.15, -0.1) is 0 Å². The summed E-state index contributed by atoms with van der Waals surface area (Å²) in [5, 5.41) is 2.78. The van der Waals surface area contributed by atoms with Crippen molar-refractivity contribution in [2.24, 2.45) is 5.92 Å². The summed E-state index contributed by atoms with van der Waals surface area (Å²) in [5.41, 5.74) is 1.12. The van der Waals surface area contributed by atoms with E-state index in [1.807, 2.05) is 49.1 Å². The maximum absolute atomic E-state index is 12.6. The first kappa shape index (κ1) is 14.6. The van der Waals surface area contributed by atoms with E-state index in [4.69, 9.17) is 0 Å². The van der Waals surface area contributed by atoms with E-state index >= 15 is 0 Å². The van der Waals surface area contributed by atoms with Crippen LogP contribution in [-0.4, -0.2) is 29.3 Å². The van der Waals surface area contributed by atoms with Gasteiger partial charge in [-0.05, 0) is 25.8 Å². The Morgan fingerprint density at radius 2 is 2.05 bits per heavy atom. The summed E-state index contributed by atoms with van der Waals surface area (Å²) in [4.78, 5) is 26.0. The highest BCUT2D eigenvalue weighted by atomic mass is 16.2. The van der Waals surface area contributed by atoms with Gasteiger partial charge in [-0.1, -0.05) is 30.3 Å². The maximum atomic E-state index is 12.6. The van der Waals surface area contributed by atoms with Crippen molar-refractivity contribution >= 4 is 11.8 Å². The molecule has 1 aromatic rings. The molecule has 1 fully saturated rings. The largest absolute Gasteiger partial charge is 0.356 e. The molecule has 0 saturated carbocycles. The number of rotatable bonds is 4. The third-order valence-electron chi connectivity index (χ3n) is 3.70. The average molecular weight is 274 g/mol. The molecule has 108 valence electrons. The Morgan fingerprint density at radius 3 is 2.65 bits per heavy atom. The van der Waals surface area contributed by atoms with Crippen molar-refractivity contribution in [3.63, 3.8) is 0 Å². The monoisotopic (exact) mass is 274 g/mol. The van der Waals surface area contributed by atoms with E-state index in [0.717, 1.165) is 12.0 Å². The van der Waals surface area contributed by atoms with Gasteiger partial charge in [0.2, 0.25) is 11.8 Å². The first-order chi connectivity index (χ1) is 9.58. The minimum Gasteiger partial charge on any atom is -0.356 e. The van der Waals surface area contributed by atoms with Crippen LogP contribution in [0.3, 0.4) is 0 Å². The lowest BCUT2D eigenvalue weighted by Crippen LogP contribution is -2.45. The fourth-order valence-corrected chi connectivity index (χ4v) is 2.52. The molecule has 1 saturated heterocycles. The SMILES string of the molecule is CC(C)N(Cc1ccccc1)C(=O)C1CCNC(=O)C1. The second-order valence-electron chi connectivity index (χ2n) is 5.59. The zero-order valence-electron chi connectivity index (χ0n) is 12.1. The molecule has 4 heteroatoms. The van der Waals surface area contributed by atoms with Gasteiger partial charge in [0.15, 0.2) is 0 Å². The molecule has 0 radical (unpaired) electrons. The number of nitrogens with one attached hydrogen (secondary N) is 1. The molecule has 0 aliphatic carbocycles. The standard InChI is InChI=1S/C16H22N2O2/c1-12(2)18(11-13-6-4-3-5-7-13)16(20)14-8-9-17-15(19)10-14/h3-7,12,14H,8-11H2,1-2H3,(H,17,19). The van der Waals surface area contributed by atoms with Gasteiger partial charge in [0.25, 0.3) is 0 Å². The molecule has 0 aromatic heterocycles. The number of nitrogens with zero attached hydrogens (tertiary/aromatic N) is 1. The molecule has 0 spiro atoms. The normalized spacial score (nSPS) is 18.8. The van der Waals surface area contributed by atoms with Crippen LogP contribution < -0.4 is 5.32 Å². The molecule has 1 aromatic carbocycles. The summed E-state index contributed by atoms with van der Waals surface area (Å²) >= 11 is 0. The first-order valence-electron chi connectivity index (χ1n) is 7.19. The van der Waals surface area contributed by atoms with Crippen LogP contribution in [0.25, 0.3) is 0 Å². The van der Waals surface area contributed by atoms with Crippen LogP contribution in [0.5, 0.6) is 0 Å². The number of hydrogen-bond acceptors (Lipinski definition) is 2. The Bertz CT molecular complexity index is 471. The van der Waals surface area contributed by atoms with Crippen LogP contribution >= 0.6 is 0 Å². The minimum absolute atomic E-state index is 0.0157. The summed E-state index contributed by atoms with van der Waals surface area (Å²) in [6.45, 7) is 5.25. The number of carbonyl (C=O) groups is 2. The van der Waals surface area contributed by atoms with Gasteiger partial charge in [0.05, 0.1) is 0 Å². The van der Waals surface area contributed by atoms with Crippen LogP contribution in [0.15, 0.2) is 30.3 Å². The van der Waals surface area contributed by atoms with Crippen molar-refractivity contribution in [1.82, 2.24) is 10.2 Å². The number of piperidine rings is 1. The molecular weight excluding hydrogens is 252 g/mol. The number of carbonyl (C=O) groups excluding carboxylic acids is 2. The highest BCUT2D eigenvalue weighted by Gasteiger charge is 2.30. The van der Waals surface area contributed by atoms with Gasteiger partial charge >= 0.3 is 0 Å². The maximum Gasteiger partial charge on any atom is 0.226 e. The summed E-state index contributed by atoms with van der Waals surface area (Å²) in [5.74, 6) is -0.0911. The Balaban J connectivity index is 2.08. The minimum atomic E-state index is -0.171. The first-order valence-corrected chi connectivity index (χ1v) is 7.19. The third-order valence-corrected chi connectivity index (χ3v) is 3.70. The summed E-state index contributed by atoms with van der Waals surface area (Å²) in [7, 11) is 0. The molecule has 20 heavy (non-hydrogen) atoms. The van der Waals surface area contributed by atoms with Gasteiger partial charge in [0, 0.05) is 31.5 Å². The fourth-order valence-electron chi connectivity index (χ4n) is 2.52. The average Bonchev–Trinajstić information content (AvgIpc) is 2.45. The summed E-state index contributed by atoms with van der Waals surface area (Å²) < 4.78 is 0. The summed E-state index contributed by atoms with van der Waals surface area (Å²) in [6.07, 6.45) is 1.05.